The second kappa shape index (κ2) is 11.6. The molecule has 1 amide bonds. The maximum atomic E-state index is 13.2. The smallest absolute Gasteiger partial charge is 0.269 e. The Hall–Kier alpha value is -3.69. The van der Waals surface area contributed by atoms with Crippen LogP contribution in [0.15, 0.2) is 78.0 Å². The van der Waals surface area contributed by atoms with Crippen LogP contribution in [0.4, 0.5) is 5.69 Å². The van der Waals surface area contributed by atoms with Crippen molar-refractivity contribution < 1.29 is 13.2 Å². The van der Waals surface area contributed by atoms with Gasteiger partial charge < -0.3 is 10.2 Å². The number of piperazine rings is 1. The van der Waals surface area contributed by atoms with Gasteiger partial charge in [-0.2, -0.15) is 0 Å². The molecule has 1 saturated heterocycles. The van der Waals surface area contributed by atoms with Gasteiger partial charge in [-0.1, -0.05) is 30.3 Å². The lowest BCUT2D eigenvalue weighted by atomic mass is 10.1. The van der Waals surface area contributed by atoms with Crippen molar-refractivity contribution in [2.45, 2.75) is 31.6 Å². The van der Waals surface area contributed by atoms with E-state index >= 15 is 0 Å². The number of benzene rings is 2. The number of aryl methyl sites for hydroxylation is 1. The monoisotopic (exact) mass is 545 g/mol. The summed E-state index contributed by atoms with van der Waals surface area (Å²) >= 11 is 0. The van der Waals surface area contributed by atoms with Crippen LogP contribution in [0, 0.1) is 13.8 Å². The summed E-state index contributed by atoms with van der Waals surface area (Å²) in [5.41, 5.74) is 4.58. The number of rotatable bonds is 9. The molecule has 39 heavy (non-hydrogen) atoms. The normalized spacial score (nSPS) is 14.6. The van der Waals surface area contributed by atoms with Crippen LogP contribution in [0.25, 0.3) is 11.0 Å². The quantitative estimate of drug-likeness (QED) is 0.317. The van der Waals surface area contributed by atoms with Gasteiger partial charge in [-0.05, 0) is 74.7 Å². The molecule has 1 aliphatic heterocycles. The van der Waals surface area contributed by atoms with Crippen LogP contribution < -0.4 is 10.2 Å². The van der Waals surface area contributed by atoms with Gasteiger partial charge in [0, 0.05) is 56.2 Å². The minimum Gasteiger partial charge on any atom is -0.369 e. The zero-order valence-corrected chi connectivity index (χ0v) is 23.3. The summed E-state index contributed by atoms with van der Waals surface area (Å²) in [6.07, 6.45) is 4.74. The second-order valence-electron chi connectivity index (χ2n) is 10.0. The molecule has 3 heterocycles. The third-order valence-corrected chi connectivity index (χ3v) is 9.22. The van der Waals surface area contributed by atoms with Gasteiger partial charge in [0.2, 0.25) is 0 Å². The minimum atomic E-state index is -3.88. The van der Waals surface area contributed by atoms with Crippen LogP contribution in [0.2, 0.25) is 0 Å². The highest BCUT2D eigenvalue weighted by Crippen LogP contribution is 2.25. The summed E-state index contributed by atoms with van der Waals surface area (Å²) in [7, 11) is -3.88. The number of aromatic nitrogens is 2. The van der Waals surface area contributed by atoms with Crippen LogP contribution in [-0.4, -0.2) is 67.4 Å². The molecular weight excluding hydrogens is 510 g/mol. The van der Waals surface area contributed by atoms with Gasteiger partial charge in [-0.3, -0.25) is 9.69 Å². The number of carbonyl (C=O) groups is 1. The maximum Gasteiger partial charge on any atom is 0.269 e. The van der Waals surface area contributed by atoms with Crippen molar-refractivity contribution in [3.63, 3.8) is 0 Å². The SMILES string of the molecule is Cc1cccc(N2CCN(CCCCNC(=O)c3cn(S(=O)(=O)c4ccccc4)c4ncccc34)CC2)c1C. The van der Waals surface area contributed by atoms with Gasteiger partial charge in [0.25, 0.3) is 15.9 Å². The third-order valence-electron chi connectivity index (χ3n) is 7.55. The lowest BCUT2D eigenvalue weighted by molar-refractivity contribution is 0.0954. The number of nitrogens with one attached hydrogen (secondary N) is 1. The summed E-state index contributed by atoms with van der Waals surface area (Å²) in [4.78, 5) is 22.4. The molecule has 9 heteroatoms. The summed E-state index contributed by atoms with van der Waals surface area (Å²) in [6.45, 7) is 9.98. The molecule has 4 aromatic rings. The van der Waals surface area contributed by atoms with E-state index in [1.165, 1.54) is 41.3 Å². The van der Waals surface area contributed by atoms with Crippen molar-refractivity contribution in [3.05, 3.63) is 89.7 Å². The first kappa shape index (κ1) is 26.9. The lowest BCUT2D eigenvalue weighted by Gasteiger charge is -2.37. The van der Waals surface area contributed by atoms with Crippen molar-refractivity contribution in [2.24, 2.45) is 0 Å². The van der Waals surface area contributed by atoms with Crippen LogP contribution in [-0.2, 0) is 10.0 Å². The summed E-state index contributed by atoms with van der Waals surface area (Å²) < 4.78 is 27.6. The second-order valence-corrected chi connectivity index (χ2v) is 11.9. The van der Waals surface area contributed by atoms with E-state index in [0.29, 0.717) is 17.5 Å². The number of hydrogen-bond donors (Lipinski definition) is 1. The van der Waals surface area contributed by atoms with E-state index in [1.54, 1.807) is 30.3 Å². The summed E-state index contributed by atoms with van der Waals surface area (Å²) in [6, 6.07) is 18.1. The molecule has 0 aliphatic carbocycles. The van der Waals surface area contributed by atoms with E-state index in [0.717, 1.165) is 49.5 Å². The predicted octanol–water partition coefficient (Wildman–Crippen LogP) is 4.22. The van der Waals surface area contributed by atoms with Crippen molar-refractivity contribution in [3.8, 4) is 0 Å². The van der Waals surface area contributed by atoms with Crippen molar-refractivity contribution in [2.75, 3.05) is 44.2 Å². The van der Waals surface area contributed by atoms with Gasteiger partial charge in [-0.15, -0.1) is 0 Å². The Balaban J connectivity index is 1.14. The first-order valence-electron chi connectivity index (χ1n) is 13.4. The van der Waals surface area contributed by atoms with Gasteiger partial charge in [-0.25, -0.2) is 17.4 Å². The molecule has 2 aromatic heterocycles. The number of unbranched alkanes of at least 4 members (excludes halogenated alkanes) is 1. The fourth-order valence-electron chi connectivity index (χ4n) is 5.15. The van der Waals surface area contributed by atoms with E-state index in [-0.39, 0.29) is 16.4 Å². The average molecular weight is 546 g/mol. The molecule has 1 aliphatic rings. The molecule has 1 fully saturated rings. The molecule has 0 spiro atoms. The number of amides is 1. The molecule has 1 N–H and O–H groups in total. The molecule has 0 bridgehead atoms. The standard InChI is InChI=1S/C30H35N5O3S/c1-23-10-8-14-28(24(23)2)34-20-18-33(19-21-34)17-7-6-15-32-30(36)27-22-35(29-26(27)13-9-16-31-29)39(37,38)25-11-4-3-5-12-25/h3-5,8-14,16,22H,6-7,15,17-21H2,1-2H3,(H,32,36). The van der Waals surface area contributed by atoms with E-state index in [2.05, 4.69) is 52.1 Å². The molecule has 0 radical (unpaired) electrons. The Morgan fingerprint density at radius 3 is 2.46 bits per heavy atom. The van der Waals surface area contributed by atoms with Crippen molar-refractivity contribution in [1.82, 2.24) is 19.2 Å². The Labute approximate surface area is 230 Å². The average Bonchev–Trinajstić information content (AvgIpc) is 3.36. The predicted molar refractivity (Wildman–Crippen MR) is 155 cm³/mol. The van der Waals surface area contributed by atoms with Crippen molar-refractivity contribution >= 4 is 32.7 Å². The number of anilines is 1. The van der Waals surface area contributed by atoms with Crippen LogP contribution in [0.3, 0.4) is 0 Å². The Kier molecular flexibility index (Phi) is 7.99. The molecule has 204 valence electrons. The van der Waals surface area contributed by atoms with Crippen LogP contribution >= 0.6 is 0 Å². The lowest BCUT2D eigenvalue weighted by Crippen LogP contribution is -2.47. The van der Waals surface area contributed by atoms with Gasteiger partial charge in [0.15, 0.2) is 5.65 Å². The van der Waals surface area contributed by atoms with Crippen molar-refractivity contribution in [1.29, 1.82) is 0 Å². The molecule has 0 saturated carbocycles. The van der Waals surface area contributed by atoms with E-state index < -0.39 is 10.0 Å². The minimum absolute atomic E-state index is 0.148. The Morgan fingerprint density at radius 2 is 1.69 bits per heavy atom. The van der Waals surface area contributed by atoms with E-state index in [4.69, 9.17) is 0 Å². The summed E-state index contributed by atoms with van der Waals surface area (Å²) in [5, 5.41) is 3.48. The zero-order valence-electron chi connectivity index (χ0n) is 22.5. The van der Waals surface area contributed by atoms with Crippen LogP contribution in [0.5, 0.6) is 0 Å². The first-order chi connectivity index (χ1) is 18.9. The highest BCUT2D eigenvalue weighted by Gasteiger charge is 2.24. The fraction of sp³-hybridized carbons (Fsp3) is 0.333. The number of hydrogen-bond acceptors (Lipinski definition) is 6. The maximum absolute atomic E-state index is 13.2. The fourth-order valence-corrected chi connectivity index (χ4v) is 6.49. The van der Waals surface area contributed by atoms with Gasteiger partial charge >= 0.3 is 0 Å². The zero-order chi connectivity index (χ0) is 27.4. The topological polar surface area (TPSA) is 87.5 Å². The number of nitrogens with zero attached hydrogens (tertiary/aromatic N) is 4. The van der Waals surface area contributed by atoms with Gasteiger partial charge in [0.05, 0.1) is 10.5 Å². The van der Waals surface area contributed by atoms with E-state index in [9.17, 15) is 13.2 Å². The van der Waals surface area contributed by atoms with Crippen LogP contribution in [0.1, 0.15) is 34.3 Å². The highest BCUT2D eigenvalue weighted by molar-refractivity contribution is 7.90. The van der Waals surface area contributed by atoms with Gasteiger partial charge in [0.1, 0.15) is 0 Å². The third kappa shape index (κ3) is 5.69. The molecule has 2 aromatic carbocycles. The molecule has 8 nitrogen and oxygen atoms in total. The number of carbonyl (C=O) groups excluding carboxylic acids is 1. The molecule has 5 rings (SSSR count). The van der Waals surface area contributed by atoms with E-state index in [1.807, 2.05) is 0 Å². The largest absolute Gasteiger partial charge is 0.369 e. The summed E-state index contributed by atoms with van der Waals surface area (Å²) in [5.74, 6) is -0.294. The first-order valence-corrected chi connectivity index (χ1v) is 14.9. The Bertz CT molecular complexity index is 1560. The number of fused-ring (bicyclic) bond motifs is 1. The number of pyridine rings is 1. The molecule has 0 unspecified atom stereocenters. The molecular formula is C30H35N5O3S. The Morgan fingerprint density at radius 1 is 0.923 bits per heavy atom. The molecule has 0 atom stereocenters. The highest BCUT2D eigenvalue weighted by atomic mass is 32.2.